The number of aliphatic hydroxyl groups excluding tert-OH is 2. The van der Waals surface area contributed by atoms with Crippen molar-refractivity contribution in [3.05, 3.63) is 72.9 Å². The van der Waals surface area contributed by atoms with Crippen molar-refractivity contribution in [2.24, 2.45) is 5.92 Å². The SMILES string of the molecule is CC/C=C\C/C=C\CC(O)/C=C/C=C\C/C=C\C/C=C\CCC(=O)OC[C@H](O)COC(=O)CCCCCCCCCCCCCCCCCC(C)C. The molecule has 0 radical (unpaired) electrons. The maximum absolute atomic E-state index is 12.0. The molecule has 0 saturated heterocycles. The maximum Gasteiger partial charge on any atom is 0.306 e. The summed E-state index contributed by atoms with van der Waals surface area (Å²) in [7, 11) is 0. The lowest BCUT2D eigenvalue weighted by atomic mass is 10.0. The summed E-state index contributed by atoms with van der Waals surface area (Å²) in [5, 5.41) is 20.0. The van der Waals surface area contributed by atoms with Gasteiger partial charge in [0.05, 0.1) is 6.10 Å². The molecule has 0 aromatic heterocycles. The first-order valence-electron chi connectivity index (χ1n) is 21.0. The summed E-state index contributed by atoms with van der Waals surface area (Å²) in [4.78, 5) is 24.0. The van der Waals surface area contributed by atoms with E-state index < -0.39 is 12.2 Å². The molecule has 0 rings (SSSR count). The Morgan fingerprint density at radius 2 is 1.00 bits per heavy atom. The number of aliphatic hydroxyl groups is 2. The number of ether oxygens (including phenoxy) is 2. The molecule has 0 fully saturated rings. The van der Waals surface area contributed by atoms with Gasteiger partial charge in [0.15, 0.2) is 0 Å². The molecular weight excluding hydrogens is 648 g/mol. The number of unbranched alkanes of at least 4 members (excludes halogenated alkanes) is 14. The zero-order valence-electron chi connectivity index (χ0n) is 33.6. The smallest absolute Gasteiger partial charge is 0.306 e. The van der Waals surface area contributed by atoms with Crippen LogP contribution in [0.2, 0.25) is 0 Å². The number of hydrogen-bond acceptors (Lipinski definition) is 6. The van der Waals surface area contributed by atoms with Crippen LogP contribution in [-0.2, 0) is 19.1 Å². The Hall–Kier alpha value is -2.70. The molecule has 0 aliphatic rings. The van der Waals surface area contributed by atoms with Gasteiger partial charge in [-0.1, -0.05) is 190 Å². The van der Waals surface area contributed by atoms with E-state index in [0.717, 1.165) is 50.9 Å². The van der Waals surface area contributed by atoms with Crippen molar-refractivity contribution in [2.45, 2.75) is 187 Å². The molecule has 0 aliphatic heterocycles. The fourth-order valence-corrected chi connectivity index (χ4v) is 5.56. The fraction of sp³-hybridized carbons (Fsp3) is 0.696. The molecule has 6 nitrogen and oxygen atoms in total. The van der Waals surface area contributed by atoms with Gasteiger partial charge in [-0.25, -0.2) is 0 Å². The van der Waals surface area contributed by atoms with Crippen LogP contribution in [0.4, 0.5) is 0 Å². The molecule has 0 aliphatic carbocycles. The highest BCUT2D eigenvalue weighted by atomic mass is 16.6. The molecule has 52 heavy (non-hydrogen) atoms. The van der Waals surface area contributed by atoms with Crippen molar-refractivity contribution in [2.75, 3.05) is 13.2 Å². The molecule has 0 spiro atoms. The minimum Gasteiger partial charge on any atom is -0.463 e. The Morgan fingerprint density at radius 1 is 0.538 bits per heavy atom. The summed E-state index contributed by atoms with van der Waals surface area (Å²) in [6, 6.07) is 0. The average molecular weight is 727 g/mol. The fourth-order valence-electron chi connectivity index (χ4n) is 5.56. The highest BCUT2D eigenvalue weighted by molar-refractivity contribution is 5.70. The predicted molar refractivity (Wildman–Crippen MR) is 220 cm³/mol. The minimum absolute atomic E-state index is 0.154. The molecule has 1 unspecified atom stereocenters. The van der Waals surface area contributed by atoms with Crippen molar-refractivity contribution in [3.8, 4) is 0 Å². The van der Waals surface area contributed by atoms with Gasteiger partial charge in [-0.15, -0.1) is 0 Å². The number of allylic oxidation sites excluding steroid dienone is 10. The van der Waals surface area contributed by atoms with Crippen LogP contribution in [-0.4, -0.2) is 47.6 Å². The van der Waals surface area contributed by atoms with Crippen LogP contribution in [0.5, 0.6) is 0 Å². The van der Waals surface area contributed by atoms with E-state index in [1.54, 1.807) is 6.08 Å². The third-order valence-corrected chi connectivity index (χ3v) is 8.73. The molecule has 0 saturated carbocycles. The van der Waals surface area contributed by atoms with Gasteiger partial charge in [-0.3, -0.25) is 9.59 Å². The zero-order valence-corrected chi connectivity index (χ0v) is 33.6. The largest absolute Gasteiger partial charge is 0.463 e. The highest BCUT2D eigenvalue weighted by Gasteiger charge is 2.11. The lowest BCUT2D eigenvalue weighted by molar-refractivity contribution is -0.152. The van der Waals surface area contributed by atoms with Crippen LogP contribution >= 0.6 is 0 Å². The van der Waals surface area contributed by atoms with E-state index in [0.29, 0.717) is 19.3 Å². The number of hydrogen-bond donors (Lipinski definition) is 2. The van der Waals surface area contributed by atoms with E-state index in [9.17, 15) is 19.8 Å². The second-order valence-corrected chi connectivity index (χ2v) is 14.4. The molecule has 0 amide bonds. The van der Waals surface area contributed by atoms with Gasteiger partial charge in [0.1, 0.15) is 19.3 Å². The molecule has 0 bridgehead atoms. The molecule has 0 aromatic carbocycles. The first-order chi connectivity index (χ1) is 25.3. The summed E-state index contributed by atoms with van der Waals surface area (Å²) in [5.74, 6) is 0.158. The number of rotatable bonds is 36. The zero-order chi connectivity index (χ0) is 38.2. The van der Waals surface area contributed by atoms with E-state index >= 15 is 0 Å². The Bertz CT molecular complexity index is 989. The Balaban J connectivity index is 3.61. The quantitative estimate of drug-likeness (QED) is 0.0289. The molecule has 298 valence electrons. The minimum atomic E-state index is -1.01. The van der Waals surface area contributed by atoms with Gasteiger partial charge < -0.3 is 19.7 Å². The first-order valence-corrected chi connectivity index (χ1v) is 21.0. The summed E-state index contributed by atoms with van der Waals surface area (Å²) in [6.07, 6.45) is 48.6. The molecular formula is C46H78O6. The number of carbonyl (C=O) groups is 2. The van der Waals surface area contributed by atoms with Crippen LogP contribution in [0.1, 0.15) is 175 Å². The topological polar surface area (TPSA) is 93.1 Å². The second-order valence-electron chi connectivity index (χ2n) is 14.4. The van der Waals surface area contributed by atoms with Crippen LogP contribution in [0.25, 0.3) is 0 Å². The highest BCUT2D eigenvalue weighted by Crippen LogP contribution is 2.15. The Labute approximate surface area is 319 Å². The van der Waals surface area contributed by atoms with E-state index in [2.05, 4.69) is 51.2 Å². The van der Waals surface area contributed by atoms with Crippen molar-refractivity contribution in [1.82, 2.24) is 0 Å². The summed E-state index contributed by atoms with van der Waals surface area (Å²) in [6.45, 7) is 6.41. The Morgan fingerprint density at radius 3 is 1.56 bits per heavy atom. The van der Waals surface area contributed by atoms with E-state index in [-0.39, 0.29) is 31.6 Å². The standard InChI is InChI=1S/C46H78O6/c1-4-5-6-7-26-31-36-43(47)37-32-27-22-18-15-16-20-24-29-34-39-46(50)52-41-44(48)40-51-45(49)38-33-28-23-19-14-12-10-8-9-11-13-17-21-25-30-35-42(2)3/h5-6,15-16,22,24,26-27,29,31-32,37,42-44,47-48H,4,7-14,17-21,23,25,28,30,33-36,38-41H2,1-3H3/b6-5-,16-15-,27-22-,29-24-,31-26-,37-32+/t43?,44-/m1/s1. The third kappa shape index (κ3) is 40.1. The van der Waals surface area contributed by atoms with Crippen molar-refractivity contribution in [1.29, 1.82) is 0 Å². The van der Waals surface area contributed by atoms with Gasteiger partial charge >= 0.3 is 11.9 Å². The predicted octanol–water partition coefficient (Wildman–Crippen LogP) is 12.2. The number of carbonyl (C=O) groups excluding carboxylic acids is 2. The van der Waals surface area contributed by atoms with Gasteiger partial charge in [0.25, 0.3) is 0 Å². The van der Waals surface area contributed by atoms with Crippen LogP contribution < -0.4 is 0 Å². The number of esters is 2. The Kier molecular flexibility index (Phi) is 37.5. The molecule has 2 N–H and O–H groups in total. The normalized spacial score (nSPS) is 13.7. The van der Waals surface area contributed by atoms with Gasteiger partial charge in [-0.05, 0) is 50.9 Å². The van der Waals surface area contributed by atoms with E-state index in [1.165, 1.54) is 83.5 Å². The van der Waals surface area contributed by atoms with E-state index in [4.69, 9.17) is 9.47 Å². The van der Waals surface area contributed by atoms with Crippen LogP contribution in [0.3, 0.4) is 0 Å². The average Bonchev–Trinajstić information content (AvgIpc) is 3.12. The van der Waals surface area contributed by atoms with Crippen LogP contribution in [0.15, 0.2) is 72.9 Å². The van der Waals surface area contributed by atoms with Gasteiger partial charge in [-0.2, -0.15) is 0 Å². The van der Waals surface area contributed by atoms with E-state index in [1.807, 2.05) is 36.5 Å². The summed E-state index contributed by atoms with van der Waals surface area (Å²) >= 11 is 0. The lowest BCUT2D eigenvalue weighted by Gasteiger charge is -2.12. The maximum atomic E-state index is 12.0. The molecule has 2 atom stereocenters. The summed E-state index contributed by atoms with van der Waals surface area (Å²) < 4.78 is 10.3. The summed E-state index contributed by atoms with van der Waals surface area (Å²) in [5.41, 5.74) is 0. The molecule has 6 heteroatoms. The first kappa shape index (κ1) is 49.3. The van der Waals surface area contributed by atoms with Gasteiger partial charge in [0.2, 0.25) is 0 Å². The van der Waals surface area contributed by atoms with Crippen molar-refractivity contribution in [3.63, 3.8) is 0 Å². The molecule has 0 heterocycles. The van der Waals surface area contributed by atoms with Crippen LogP contribution in [0, 0.1) is 5.92 Å². The van der Waals surface area contributed by atoms with Gasteiger partial charge in [0, 0.05) is 12.8 Å². The lowest BCUT2D eigenvalue weighted by Crippen LogP contribution is -2.25. The monoisotopic (exact) mass is 727 g/mol. The third-order valence-electron chi connectivity index (χ3n) is 8.73. The van der Waals surface area contributed by atoms with Crippen molar-refractivity contribution < 1.29 is 29.3 Å². The second kappa shape index (κ2) is 39.5. The van der Waals surface area contributed by atoms with Crippen molar-refractivity contribution >= 4 is 11.9 Å². The molecule has 0 aromatic rings.